The van der Waals surface area contributed by atoms with Gasteiger partial charge in [0.05, 0.1) is 12.1 Å². The Kier molecular flexibility index (Phi) is 5.75. The largest absolute Gasteiger partial charge is 0.376 e. The Bertz CT molecular complexity index is 858. The van der Waals surface area contributed by atoms with Gasteiger partial charge in [-0.25, -0.2) is 22.5 Å². The van der Waals surface area contributed by atoms with E-state index in [0.29, 0.717) is 23.1 Å². The van der Waals surface area contributed by atoms with E-state index < -0.39 is 21.9 Å². The number of halogens is 3. The summed E-state index contributed by atoms with van der Waals surface area (Å²) in [5.41, 5.74) is 0.621. The van der Waals surface area contributed by atoms with Crippen molar-refractivity contribution in [3.8, 4) is 0 Å². The fourth-order valence-corrected chi connectivity index (χ4v) is 4.91. The van der Waals surface area contributed by atoms with Crippen LogP contribution in [0.4, 0.5) is 4.39 Å². The third kappa shape index (κ3) is 4.38. The van der Waals surface area contributed by atoms with Crippen LogP contribution in [0.2, 0.25) is 5.15 Å². The number of benzene rings is 1. The molecule has 5 nitrogen and oxygen atoms in total. The number of nitrogens with zero attached hydrogens (tertiary/aromatic N) is 1. The molecule has 1 aliphatic rings. The Labute approximate surface area is 158 Å². The van der Waals surface area contributed by atoms with Crippen LogP contribution in [0.1, 0.15) is 24.4 Å². The second kappa shape index (κ2) is 7.67. The number of rotatable bonds is 5. The molecule has 1 fully saturated rings. The van der Waals surface area contributed by atoms with E-state index in [2.05, 4.69) is 25.6 Å². The van der Waals surface area contributed by atoms with Crippen LogP contribution in [0.5, 0.6) is 0 Å². The quantitative estimate of drug-likeness (QED) is 0.704. The van der Waals surface area contributed by atoms with Gasteiger partial charge in [0.1, 0.15) is 15.9 Å². The van der Waals surface area contributed by atoms with E-state index >= 15 is 0 Å². The molecule has 1 saturated heterocycles. The smallest absolute Gasteiger partial charge is 0.244 e. The van der Waals surface area contributed by atoms with Gasteiger partial charge in [-0.15, -0.1) is 0 Å². The van der Waals surface area contributed by atoms with E-state index in [1.165, 1.54) is 24.4 Å². The summed E-state index contributed by atoms with van der Waals surface area (Å²) in [4.78, 5) is 3.72. The van der Waals surface area contributed by atoms with Gasteiger partial charge in [-0.3, -0.25) is 0 Å². The highest BCUT2D eigenvalue weighted by atomic mass is 79.9. The third-order valence-electron chi connectivity index (χ3n) is 3.91. The van der Waals surface area contributed by atoms with Gasteiger partial charge in [0, 0.05) is 17.3 Å². The molecule has 1 aliphatic heterocycles. The highest BCUT2D eigenvalue weighted by Gasteiger charge is 2.32. The van der Waals surface area contributed by atoms with Crippen molar-refractivity contribution in [1.29, 1.82) is 0 Å². The molecule has 0 spiro atoms. The molecule has 0 radical (unpaired) electrons. The molecule has 2 aromatic rings. The summed E-state index contributed by atoms with van der Waals surface area (Å²) in [6, 6.07) is 6.41. The molecule has 0 bridgehead atoms. The normalized spacial score (nSPS) is 19.1. The molecule has 1 N–H and O–H groups in total. The van der Waals surface area contributed by atoms with Crippen LogP contribution in [-0.4, -0.2) is 26.1 Å². The molecular weight excluding hydrogens is 435 g/mol. The van der Waals surface area contributed by atoms with Crippen molar-refractivity contribution < 1.29 is 17.5 Å². The predicted octanol–water partition coefficient (Wildman–Crippen LogP) is 3.84. The maximum Gasteiger partial charge on any atom is 0.244 e. The zero-order chi connectivity index (χ0) is 18.0. The molecule has 3 rings (SSSR count). The highest BCUT2D eigenvalue weighted by molar-refractivity contribution is 9.10. The first kappa shape index (κ1) is 18.7. The number of sulfonamides is 1. The molecule has 1 aromatic carbocycles. The first-order valence-corrected chi connectivity index (χ1v) is 10.2. The minimum Gasteiger partial charge on any atom is -0.376 e. The monoisotopic (exact) mass is 448 g/mol. The fourth-order valence-electron chi connectivity index (χ4n) is 2.72. The van der Waals surface area contributed by atoms with Gasteiger partial charge in [-0.05, 0) is 52.5 Å². The van der Waals surface area contributed by atoms with Crippen molar-refractivity contribution in [3.63, 3.8) is 0 Å². The number of pyridine rings is 1. The molecular formula is C16H15BrClFN2O3S. The average molecular weight is 450 g/mol. The SMILES string of the molecule is O=S(=O)(N[C@@H](c1ccc(F)cc1)[C@H]1CCCO1)c1cc(Br)cnc1Cl. The molecule has 2 atom stereocenters. The van der Waals surface area contributed by atoms with Gasteiger partial charge in [0.25, 0.3) is 0 Å². The molecule has 0 saturated carbocycles. The molecule has 1 aromatic heterocycles. The van der Waals surface area contributed by atoms with Gasteiger partial charge in [0.2, 0.25) is 10.0 Å². The zero-order valence-electron chi connectivity index (χ0n) is 13.0. The van der Waals surface area contributed by atoms with E-state index in [1.54, 1.807) is 12.1 Å². The second-order valence-electron chi connectivity index (χ2n) is 5.64. The lowest BCUT2D eigenvalue weighted by Gasteiger charge is -2.24. The lowest BCUT2D eigenvalue weighted by Crippen LogP contribution is -2.36. The maximum atomic E-state index is 13.2. The van der Waals surface area contributed by atoms with E-state index in [4.69, 9.17) is 16.3 Å². The molecule has 134 valence electrons. The van der Waals surface area contributed by atoms with Gasteiger partial charge in [-0.2, -0.15) is 0 Å². The van der Waals surface area contributed by atoms with Crippen LogP contribution < -0.4 is 4.72 Å². The van der Waals surface area contributed by atoms with Crippen LogP contribution in [-0.2, 0) is 14.8 Å². The van der Waals surface area contributed by atoms with Crippen molar-refractivity contribution in [3.05, 3.63) is 57.5 Å². The van der Waals surface area contributed by atoms with Crippen molar-refractivity contribution in [2.45, 2.75) is 29.9 Å². The number of nitrogens with one attached hydrogen (secondary N) is 1. The zero-order valence-corrected chi connectivity index (χ0v) is 16.1. The van der Waals surface area contributed by atoms with Crippen LogP contribution in [0.25, 0.3) is 0 Å². The van der Waals surface area contributed by atoms with Crippen LogP contribution in [0.3, 0.4) is 0 Å². The van der Waals surface area contributed by atoms with Gasteiger partial charge in [0.15, 0.2) is 0 Å². The Balaban J connectivity index is 1.96. The topological polar surface area (TPSA) is 68.3 Å². The van der Waals surface area contributed by atoms with Crippen molar-refractivity contribution in [2.24, 2.45) is 0 Å². The Morgan fingerprint density at radius 3 is 2.72 bits per heavy atom. The number of hydrogen-bond acceptors (Lipinski definition) is 4. The van der Waals surface area contributed by atoms with E-state index in [9.17, 15) is 12.8 Å². The third-order valence-corrected chi connectivity index (χ3v) is 6.21. The standard InChI is InChI=1S/C16H15BrClFN2O3S/c17-11-8-14(16(18)20-9-11)25(22,23)21-15(13-2-1-7-24-13)10-3-5-12(19)6-4-10/h3-6,8-9,13,15,21H,1-2,7H2/t13-,15+/m1/s1. The lowest BCUT2D eigenvalue weighted by molar-refractivity contribution is 0.0851. The summed E-state index contributed by atoms with van der Waals surface area (Å²) in [6.45, 7) is 0.559. The first-order chi connectivity index (χ1) is 11.9. The van der Waals surface area contributed by atoms with E-state index in [0.717, 1.165) is 6.42 Å². The van der Waals surface area contributed by atoms with Crippen LogP contribution in [0, 0.1) is 5.82 Å². The summed E-state index contributed by atoms with van der Waals surface area (Å²) in [7, 11) is -3.96. The number of aromatic nitrogens is 1. The van der Waals surface area contributed by atoms with Crippen molar-refractivity contribution in [2.75, 3.05) is 6.61 Å². The molecule has 9 heteroatoms. The highest BCUT2D eigenvalue weighted by Crippen LogP contribution is 2.30. The molecule has 0 aliphatic carbocycles. The van der Waals surface area contributed by atoms with Crippen molar-refractivity contribution >= 4 is 37.6 Å². The predicted molar refractivity (Wildman–Crippen MR) is 95.4 cm³/mol. The molecule has 0 unspecified atom stereocenters. The summed E-state index contributed by atoms with van der Waals surface area (Å²) in [5, 5.41) is -0.124. The summed E-state index contributed by atoms with van der Waals surface area (Å²) in [6.07, 6.45) is 2.62. The van der Waals surface area contributed by atoms with Crippen LogP contribution in [0.15, 0.2) is 45.9 Å². The Hall–Kier alpha value is -1.06. The molecule has 25 heavy (non-hydrogen) atoms. The van der Waals surface area contributed by atoms with Crippen molar-refractivity contribution in [1.82, 2.24) is 9.71 Å². The van der Waals surface area contributed by atoms with Gasteiger partial charge < -0.3 is 4.74 Å². The summed E-state index contributed by atoms with van der Waals surface area (Å²) < 4.78 is 47.7. The van der Waals surface area contributed by atoms with Gasteiger partial charge in [-0.1, -0.05) is 23.7 Å². The van der Waals surface area contributed by atoms with E-state index in [-0.39, 0.29) is 16.2 Å². The molecule has 2 heterocycles. The lowest BCUT2D eigenvalue weighted by atomic mass is 10.0. The summed E-state index contributed by atoms with van der Waals surface area (Å²) >= 11 is 9.15. The number of hydrogen-bond donors (Lipinski definition) is 1. The first-order valence-electron chi connectivity index (χ1n) is 7.57. The minimum atomic E-state index is -3.96. The summed E-state index contributed by atoms with van der Waals surface area (Å²) in [5.74, 6) is -0.392. The second-order valence-corrected chi connectivity index (χ2v) is 8.60. The average Bonchev–Trinajstić information content (AvgIpc) is 3.10. The van der Waals surface area contributed by atoms with E-state index in [1.807, 2.05) is 0 Å². The Morgan fingerprint density at radius 1 is 1.36 bits per heavy atom. The minimum absolute atomic E-state index is 0.124. The fraction of sp³-hybridized carbons (Fsp3) is 0.312. The molecule has 0 amide bonds. The number of ether oxygens (including phenoxy) is 1. The van der Waals surface area contributed by atoms with Gasteiger partial charge >= 0.3 is 0 Å². The maximum absolute atomic E-state index is 13.2. The van der Waals surface area contributed by atoms with Crippen LogP contribution >= 0.6 is 27.5 Å². The Morgan fingerprint density at radius 2 is 2.08 bits per heavy atom.